The van der Waals surface area contributed by atoms with Gasteiger partial charge in [0, 0.05) is 26.2 Å². The van der Waals surface area contributed by atoms with Crippen LogP contribution in [0.5, 0.6) is 0 Å². The first kappa shape index (κ1) is 13.2. The molecule has 0 spiro atoms. The molecular weight excluding hydrogens is 242 g/mol. The number of aryl methyl sites for hydroxylation is 1. The van der Waals surface area contributed by atoms with Crippen LogP contribution in [0.15, 0.2) is 37.1 Å². The second-order valence-corrected chi connectivity index (χ2v) is 4.38. The normalized spacial score (nSPS) is 12.1. The van der Waals surface area contributed by atoms with Crippen LogP contribution in [0.1, 0.15) is 25.1 Å². The molecule has 2 aromatic heterocycles. The first-order valence-electron chi connectivity index (χ1n) is 6.17. The van der Waals surface area contributed by atoms with Crippen molar-refractivity contribution in [1.29, 1.82) is 0 Å². The number of aromatic nitrogens is 4. The van der Waals surface area contributed by atoms with Crippen LogP contribution < -0.4 is 0 Å². The van der Waals surface area contributed by atoms with Gasteiger partial charge in [-0.2, -0.15) is 0 Å². The maximum atomic E-state index is 12.1. The fourth-order valence-corrected chi connectivity index (χ4v) is 1.78. The van der Waals surface area contributed by atoms with Crippen molar-refractivity contribution >= 4 is 5.91 Å². The standard InChI is InChI=1S/C13H17N5O/c1-11(12-5-3-4-7-14-12)17(2)13(19)6-8-18-9-15-16-10-18/h3-5,7,9-11H,6,8H2,1-2H3. The molecule has 2 heterocycles. The Labute approximate surface area is 112 Å². The van der Waals surface area contributed by atoms with Crippen LogP contribution in [0.4, 0.5) is 0 Å². The lowest BCUT2D eigenvalue weighted by atomic mass is 10.2. The summed E-state index contributed by atoms with van der Waals surface area (Å²) in [5.41, 5.74) is 0.891. The van der Waals surface area contributed by atoms with Crippen LogP contribution in [0.3, 0.4) is 0 Å². The van der Waals surface area contributed by atoms with Crippen LogP contribution >= 0.6 is 0 Å². The lowest BCUT2D eigenvalue weighted by Crippen LogP contribution is -2.30. The summed E-state index contributed by atoms with van der Waals surface area (Å²) in [6.07, 6.45) is 5.37. The summed E-state index contributed by atoms with van der Waals surface area (Å²) in [4.78, 5) is 18.1. The van der Waals surface area contributed by atoms with E-state index in [0.717, 1.165) is 5.69 Å². The van der Waals surface area contributed by atoms with E-state index in [1.165, 1.54) is 0 Å². The lowest BCUT2D eigenvalue weighted by molar-refractivity contribution is -0.132. The molecule has 0 saturated heterocycles. The van der Waals surface area contributed by atoms with Crippen molar-refractivity contribution in [2.75, 3.05) is 7.05 Å². The van der Waals surface area contributed by atoms with E-state index in [9.17, 15) is 4.79 Å². The molecule has 1 atom stereocenters. The summed E-state index contributed by atoms with van der Waals surface area (Å²) >= 11 is 0. The van der Waals surface area contributed by atoms with Crippen LogP contribution in [0.2, 0.25) is 0 Å². The van der Waals surface area contributed by atoms with Gasteiger partial charge in [-0.05, 0) is 19.1 Å². The predicted molar refractivity (Wildman–Crippen MR) is 70.1 cm³/mol. The van der Waals surface area contributed by atoms with Gasteiger partial charge in [-0.1, -0.05) is 6.07 Å². The minimum absolute atomic E-state index is 0.0328. The van der Waals surface area contributed by atoms with Crippen LogP contribution in [0, 0.1) is 0 Å². The molecule has 0 aliphatic carbocycles. The minimum Gasteiger partial charge on any atom is -0.337 e. The highest BCUT2D eigenvalue weighted by atomic mass is 16.2. The highest BCUT2D eigenvalue weighted by Crippen LogP contribution is 2.16. The molecule has 2 aromatic rings. The molecule has 6 nitrogen and oxygen atoms in total. The fraction of sp³-hybridized carbons (Fsp3) is 0.385. The van der Waals surface area contributed by atoms with Crippen molar-refractivity contribution in [2.24, 2.45) is 0 Å². The molecule has 0 bridgehead atoms. The third-order valence-corrected chi connectivity index (χ3v) is 3.14. The molecule has 1 unspecified atom stereocenters. The van der Waals surface area contributed by atoms with Crippen LogP contribution in [-0.4, -0.2) is 37.6 Å². The molecule has 0 N–H and O–H groups in total. The Bertz CT molecular complexity index is 511. The molecule has 0 aromatic carbocycles. The summed E-state index contributed by atoms with van der Waals surface area (Å²) in [5.74, 6) is 0.0758. The zero-order valence-electron chi connectivity index (χ0n) is 11.1. The van der Waals surface area contributed by atoms with Crippen molar-refractivity contribution in [3.05, 3.63) is 42.7 Å². The van der Waals surface area contributed by atoms with E-state index in [0.29, 0.717) is 13.0 Å². The Hall–Kier alpha value is -2.24. The SMILES string of the molecule is CC(c1ccccn1)N(C)C(=O)CCn1cnnc1. The summed E-state index contributed by atoms with van der Waals surface area (Å²) in [7, 11) is 1.80. The lowest BCUT2D eigenvalue weighted by Gasteiger charge is -2.24. The highest BCUT2D eigenvalue weighted by Gasteiger charge is 2.17. The van der Waals surface area contributed by atoms with Gasteiger partial charge in [-0.3, -0.25) is 9.78 Å². The fourth-order valence-electron chi connectivity index (χ4n) is 1.78. The molecule has 1 amide bonds. The summed E-state index contributed by atoms with van der Waals surface area (Å²) in [6.45, 7) is 2.56. The molecule has 19 heavy (non-hydrogen) atoms. The number of amides is 1. The van der Waals surface area contributed by atoms with Gasteiger partial charge in [0.25, 0.3) is 0 Å². The van der Waals surface area contributed by atoms with Gasteiger partial charge in [0.15, 0.2) is 0 Å². The van der Waals surface area contributed by atoms with Crippen molar-refractivity contribution < 1.29 is 4.79 Å². The highest BCUT2D eigenvalue weighted by molar-refractivity contribution is 5.76. The van der Waals surface area contributed by atoms with Crippen molar-refractivity contribution in [2.45, 2.75) is 25.9 Å². The Morgan fingerprint density at radius 3 is 2.74 bits per heavy atom. The average Bonchev–Trinajstić information content (AvgIpc) is 2.97. The van der Waals surface area contributed by atoms with E-state index in [1.54, 1.807) is 35.4 Å². The van der Waals surface area contributed by atoms with E-state index in [-0.39, 0.29) is 11.9 Å². The number of carbonyl (C=O) groups is 1. The molecule has 0 fully saturated rings. The van der Waals surface area contributed by atoms with E-state index in [4.69, 9.17) is 0 Å². The summed E-state index contributed by atoms with van der Waals surface area (Å²) < 4.78 is 1.79. The Morgan fingerprint density at radius 2 is 2.11 bits per heavy atom. The quantitative estimate of drug-likeness (QED) is 0.811. The predicted octanol–water partition coefficient (Wildman–Crippen LogP) is 1.28. The number of pyridine rings is 1. The van der Waals surface area contributed by atoms with Crippen molar-refractivity contribution in [1.82, 2.24) is 24.6 Å². The molecule has 0 aliphatic heterocycles. The molecule has 2 rings (SSSR count). The monoisotopic (exact) mass is 259 g/mol. The molecule has 6 heteroatoms. The summed E-state index contributed by atoms with van der Waals surface area (Å²) in [6, 6.07) is 5.68. The second-order valence-electron chi connectivity index (χ2n) is 4.38. The van der Waals surface area contributed by atoms with Gasteiger partial charge in [0.2, 0.25) is 5.91 Å². The maximum absolute atomic E-state index is 12.1. The van der Waals surface area contributed by atoms with E-state index < -0.39 is 0 Å². The molecule has 0 saturated carbocycles. The zero-order valence-corrected chi connectivity index (χ0v) is 11.1. The average molecular weight is 259 g/mol. The van der Waals surface area contributed by atoms with Gasteiger partial charge in [-0.25, -0.2) is 0 Å². The number of nitrogens with zero attached hydrogens (tertiary/aromatic N) is 5. The first-order valence-corrected chi connectivity index (χ1v) is 6.17. The molecule has 100 valence electrons. The Morgan fingerprint density at radius 1 is 1.37 bits per heavy atom. The number of carbonyl (C=O) groups excluding carboxylic acids is 1. The van der Waals surface area contributed by atoms with Gasteiger partial charge in [0.05, 0.1) is 11.7 Å². The molecule has 0 aliphatic rings. The molecule has 0 radical (unpaired) electrons. The van der Waals surface area contributed by atoms with E-state index >= 15 is 0 Å². The van der Waals surface area contributed by atoms with Crippen molar-refractivity contribution in [3.8, 4) is 0 Å². The van der Waals surface area contributed by atoms with Gasteiger partial charge in [0.1, 0.15) is 12.7 Å². The molecular formula is C13H17N5O. The third kappa shape index (κ3) is 3.37. The number of hydrogen-bond donors (Lipinski definition) is 0. The van der Waals surface area contributed by atoms with Gasteiger partial charge < -0.3 is 9.47 Å². The minimum atomic E-state index is -0.0328. The second kappa shape index (κ2) is 6.08. The van der Waals surface area contributed by atoms with Crippen molar-refractivity contribution in [3.63, 3.8) is 0 Å². The smallest absolute Gasteiger partial charge is 0.224 e. The van der Waals surface area contributed by atoms with E-state index in [1.807, 2.05) is 25.1 Å². The largest absolute Gasteiger partial charge is 0.337 e. The number of hydrogen-bond acceptors (Lipinski definition) is 4. The van der Waals surface area contributed by atoms with Crippen LogP contribution in [-0.2, 0) is 11.3 Å². The third-order valence-electron chi connectivity index (χ3n) is 3.14. The van der Waals surface area contributed by atoms with Crippen LogP contribution in [0.25, 0.3) is 0 Å². The first-order chi connectivity index (χ1) is 9.18. The zero-order chi connectivity index (χ0) is 13.7. The maximum Gasteiger partial charge on any atom is 0.224 e. The van der Waals surface area contributed by atoms with Gasteiger partial charge in [-0.15, -0.1) is 10.2 Å². The van der Waals surface area contributed by atoms with E-state index in [2.05, 4.69) is 15.2 Å². The topological polar surface area (TPSA) is 63.9 Å². The Kier molecular flexibility index (Phi) is 4.22. The Balaban J connectivity index is 1.91. The number of rotatable bonds is 5. The summed E-state index contributed by atoms with van der Waals surface area (Å²) in [5, 5.41) is 7.41. The van der Waals surface area contributed by atoms with Gasteiger partial charge >= 0.3 is 0 Å².